The minimum absolute atomic E-state index is 0.0118. The van der Waals surface area contributed by atoms with Crippen LogP contribution in [0.5, 0.6) is 17.2 Å². The summed E-state index contributed by atoms with van der Waals surface area (Å²) in [7, 11) is 1.57. The number of aryl methyl sites for hydroxylation is 1. The monoisotopic (exact) mass is 628 g/mol. The Labute approximate surface area is 270 Å². The van der Waals surface area contributed by atoms with Crippen LogP contribution >= 0.6 is 0 Å². The summed E-state index contributed by atoms with van der Waals surface area (Å²) >= 11 is 0. The van der Waals surface area contributed by atoms with Gasteiger partial charge in [0.1, 0.15) is 12.0 Å². The number of carbonyl (C=O) groups excluding carboxylic acids is 2. The molecular weight excluding hydrogens is 584 g/mol. The first-order chi connectivity index (χ1) is 22.1. The number of ether oxygens (including phenoxy) is 3. The quantitative estimate of drug-likeness (QED) is 0.316. The number of amides is 2. The molecule has 10 heteroatoms. The number of hydrogen-bond donors (Lipinski definition) is 1. The second kappa shape index (κ2) is 12.8. The van der Waals surface area contributed by atoms with E-state index >= 15 is 0 Å². The van der Waals surface area contributed by atoms with E-state index in [2.05, 4.69) is 4.99 Å². The summed E-state index contributed by atoms with van der Waals surface area (Å²) in [5, 5.41) is 11.4. The zero-order valence-electron chi connectivity index (χ0n) is 27.6. The Kier molecular flexibility index (Phi) is 8.83. The van der Waals surface area contributed by atoms with Crippen LogP contribution in [0.2, 0.25) is 0 Å². The molecule has 4 aliphatic heterocycles. The number of aliphatic hydroxyl groups excluding tert-OH is 1. The summed E-state index contributed by atoms with van der Waals surface area (Å²) in [5.74, 6) is 1.61. The minimum atomic E-state index is -0.821. The van der Waals surface area contributed by atoms with Crippen molar-refractivity contribution >= 4 is 29.4 Å². The van der Waals surface area contributed by atoms with Crippen molar-refractivity contribution < 1.29 is 28.9 Å². The predicted molar refractivity (Wildman–Crippen MR) is 177 cm³/mol. The maximum absolute atomic E-state index is 13.6. The molecule has 6 rings (SSSR count). The Hall–Kier alpha value is -4.31. The number of aliphatic imine (C=N–C) groups is 1. The molecule has 0 radical (unpaired) electrons. The first kappa shape index (κ1) is 31.7. The van der Waals surface area contributed by atoms with E-state index in [0.29, 0.717) is 59.4 Å². The second-order valence-electron chi connectivity index (χ2n) is 13.0. The van der Waals surface area contributed by atoms with Gasteiger partial charge in [-0.25, -0.2) is 0 Å². The summed E-state index contributed by atoms with van der Waals surface area (Å²) in [6, 6.07) is 6.92. The Morgan fingerprint density at radius 1 is 0.848 bits per heavy atom. The SMILES string of the molecule is COc1cc2c(cc1OCCCCCOc1cc3c(cc1C)C(=O)N1C=C(C)C[C@H]1C(O)N3C(C)C)N=C[C@@H]1CC(C)=CN1C2=O. The lowest BCUT2D eigenvalue weighted by atomic mass is 10.0. The van der Waals surface area contributed by atoms with Gasteiger partial charge in [-0.15, -0.1) is 0 Å². The fraction of sp³-hybridized carbons (Fsp3) is 0.472. The number of rotatable bonds is 10. The number of fused-ring (bicyclic) bond motifs is 4. The highest BCUT2D eigenvalue weighted by molar-refractivity contribution is 6.04. The van der Waals surface area contributed by atoms with Crippen molar-refractivity contribution in [2.45, 2.75) is 91.1 Å². The summed E-state index contributed by atoms with van der Waals surface area (Å²) in [6.07, 6.45) is 8.73. The van der Waals surface area contributed by atoms with Gasteiger partial charge in [-0.05, 0) is 84.4 Å². The third kappa shape index (κ3) is 5.86. The van der Waals surface area contributed by atoms with E-state index in [1.165, 1.54) is 0 Å². The van der Waals surface area contributed by atoms with Crippen molar-refractivity contribution in [2.24, 2.45) is 4.99 Å². The standard InChI is InChI=1S/C36H44N4O6/c1-21(2)40-29-17-31(24(5)14-27(29)35(42)39-20-23(4)13-30(39)36(40)43)45-10-8-7-9-11-46-33-16-28-26(15-32(33)44-6)34(41)38-19-22(3)12-25(38)18-37-28/h14-21,25,30,36,43H,7-13H2,1-6H3/t25-,30-,36?/m0/s1. The molecule has 0 bridgehead atoms. The van der Waals surface area contributed by atoms with Crippen molar-refractivity contribution in [3.05, 3.63) is 64.5 Å². The lowest BCUT2D eigenvalue weighted by molar-refractivity contribution is 0.0560. The van der Waals surface area contributed by atoms with Crippen LogP contribution in [0.25, 0.3) is 0 Å². The van der Waals surface area contributed by atoms with Crippen LogP contribution in [0.1, 0.15) is 86.1 Å². The third-order valence-electron chi connectivity index (χ3n) is 9.15. The second-order valence-corrected chi connectivity index (χ2v) is 13.0. The molecule has 0 saturated carbocycles. The van der Waals surface area contributed by atoms with Crippen molar-refractivity contribution in [2.75, 3.05) is 25.2 Å². The number of carbonyl (C=O) groups is 2. The average Bonchev–Trinajstić information content (AvgIpc) is 3.56. The minimum Gasteiger partial charge on any atom is -0.493 e. The maximum atomic E-state index is 13.6. The van der Waals surface area contributed by atoms with Gasteiger partial charge >= 0.3 is 0 Å². The van der Waals surface area contributed by atoms with Crippen LogP contribution in [0.3, 0.4) is 0 Å². The van der Waals surface area contributed by atoms with Gasteiger partial charge in [0.05, 0.1) is 54.9 Å². The van der Waals surface area contributed by atoms with Gasteiger partial charge in [-0.3, -0.25) is 14.6 Å². The number of unbranched alkanes of at least 4 members (excludes halogenated alkanes) is 2. The molecule has 0 aromatic heterocycles. The number of benzene rings is 2. The summed E-state index contributed by atoms with van der Waals surface area (Å²) in [5.41, 5.74) is 5.50. The van der Waals surface area contributed by atoms with E-state index in [0.717, 1.165) is 42.4 Å². The van der Waals surface area contributed by atoms with Crippen LogP contribution in [-0.2, 0) is 0 Å². The van der Waals surface area contributed by atoms with E-state index in [-0.39, 0.29) is 29.9 Å². The molecule has 2 amide bonds. The van der Waals surface area contributed by atoms with Gasteiger partial charge < -0.3 is 34.0 Å². The molecular formula is C36H44N4O6. The first-order valence-corrected chi connectivity index (χ1v) is 16.2. The molecule has 1 unspecified atom stereocenters. The Bertz CT molecular complexity index is 1630. The molecule has 4 heterocycles. The highest BCUT2D eigenvalue weighted by Gasteiger charge is 2.42. The fourth-order valence-corrected chi connectivity index (χ4v) is 6.84. The third-order valence-corrected chi connectivity index (χ3v) is 9.15. The Morgan fingerprint density at radius 2 is 1.52 bits per heavy atom. The van der Waals surface area contributed by atoms with Crippen LogP contribution in [0.4, 0.5) is 11.4 Å². The topological polar surface area (TPSA) is 104 Å². The number of anilines is 1. The molecule has 3 atom stereocenters. The van der Waals surface area contributed by atoms with E-state index in [4.69, 9.17) is 14.2 Å². The molecule has 0 spiro atoms. The van der Waals surface area contributed by atoms with E-state index in [1.54, 1.807) is 29.0 Å². The van der Waals surface area contributed by atoms with Crippen molar-refractivity contribution in [1.29, 1.82) is 0 Å². The Morgan fingerprint density at radius 3 is 2.24 bits per heavy atom. The maximum Gasteiger partial charge on any atom is 0.260 e. The fourth-order valence-electron chi connectivity index (χ4n) is 6.84. The summed E-state index contributed by atoms with van der Waals surface area (Å²) < 4.78 is 17.9. The predicted octanol–water partition coefficient (Wildman–Crippen LogP) is 6.13. The molecule has 244 valence electrons. The van der Waals surface area contributed by atoms with Gasteiger partial charge in [0.15, 0.2) is 11.5 Å². The summed E-state index contributed by atoms with van der Waals surface area (Å²) in [6.45, 7) is 11.0. The Balaban J connectivity index is 1.05. The van der Waals surface area contributed by atoms with E-state index in [1.807, 2.05) is 70.3 Å². The molecule has 2 aromatic carbocycles. The van der Waals surface area contributed by atoms with Crippen LogP contribution < -0.4 is 19.1 Å². The average molecular weight is 629 g/mol. The zero-order chi connectivity index (χ0) is 32.7. The van der Waals surface area contributed by atoms with Gasteiger partial charge in [0, 0.05) is 36.8 Å². The molecule has 46 heavy (non-hydrogen) atoms. The number of methoxy groups -OCH3 is 1. The molecule has 0 fully saturated rings. The van der Waals surface area contributed by atoms with Crippen LogP contribution in [0, 0.1) is 6.92 Å². The normalized spacial score (nSPS) is 21.7. The van der Waals surface area contributed by atoms with Crippen LogP contribution in [-0.4, -0.2) is 77.6 Å². The molecule has 4 aliphatic rings. The zero-order valence-corrected chi connectivity index (χ0v) is 27.6. The summed E-state index contributed by atoms with van der Waals surface area (Å²) in [4.78, 5) is 36.7. The highest BCUT2D eigenvalue weighted by Crippen LogP contribution is 2.41. The highest BCUT2D eigenvalue weighted by atomic mass is 16.5. The number of aliphatic hydroxyl groups is 1. The number of hydrogen-bond acceptors (Lipinski definition) is 8. The molecule has 10 nitrogen and oxygen atoms in total. The first-order valence-electron chi connectivity index (χ1n) is 16.2. The molecule has 2 aromatic rings. The van der Waals surface area contributed by atoms with Crippen LogP contribution in [0.15, 0.2) is 52.8 Å². The largest absolute Gasteiger partial charge is 0.493 e. The van der Waals surface area contributed by atoms with Gasteiger partial charge in [-0.1, -0.05) is 11.1 Å². The lowest BCUT2D eigenvalue weighted by Crippen LogP contribution is -2.50. The number of nitrogens with zero attached hydrogens (tertiary/aromatic N) is 4. The van der Waals surface area contributed by atoms with Crippen molar-refractivity contribution in [1.82, 2.24) is 9.80 Å². The van der Waals surface area contributed by atoms with Gasteiger partial charge in [0.25, 0.3) is 11.8 Å². The lowest BCUT2D eigenvalue weighted by Gasteiger charge is -2.37. The van der Waals surface area contributed by atoms with Gasteiger partial charge in [0.2, 0.25) is 0 Å². The smallest absolute Gasteiger partial charge is 0.260 e. The molecule has 0 saturated heterocycles. The van der Waals surface area contributed by atoms with E-state index in [9.17, 15) is 14.7 Å². The van der Waals surface area contributed by atoms with Gasteiger partial charge in [-0.2, -0.15) is 0 Å². The molecule has 0 aliphatic carbocycles. The van der Waals surface area contributed by atoms with E-state index < -0.39 is 6.23 Å². The molecule has 1 N–H and O–H groups in total. The van der Waals surface area contributed by atoms with Crippen molar-refractivity contribution in [3.8, 4) is 17.2 Å². The van der Waals surface area contributed by atoms with Crippen molar-refractivity contribution in [3.63, 3.8) is 0 Å².